The molecule has 1 aliphatic heterocycles. The number of carboxylic acids is 1. The van der Waals surface area contributed by atoms with Gasteiger partial charge in [-0.05, 0) is 51.1 Å². The Hall–Kier alpha value is -1.72. The van der Waals surface area contributed by atoms with Crippen molar-refractivity contribution in [3.8, 4) is 0 Å². The number of hydrogen-bond acceptors (Lipinski definition) is 6. The van der Waals surface area contributed by atoms with Crippen LogP contribution in [0, 0.1) is 5.92 Å². The normalized spacial score (nSPS) is 16.2. The van der Waals surface area contributed by atoms with Crippen LogP contribution in [0.15, 0.2) is 0 Å². The molecule has 11 heteroatoms. The van der Waals surface area contributed by atoms with E-state index in [0.717, 1.165) is 38.8 Å². The van der Waals surface area contributed by atoms with E-state index in [1.165, 1.54) is 0 Å². The van der Waals surface area contributed by atoms with Gasteiger partial charge in [0.2, 0.25) is 21.8 Å². The van der Waals surface area contributed by atoms with Gasteiger partial charge in [0.05, 0.1) is 12.3 Å². The summed E-state index contributed by atoms with van der Waals surface area (Å²) in [7, 11) is -3.74. The van der Waals surface area contributed by atoms with Crippen LogP contribution in [-0.2, 0) is 24.4 Å². The van der Waals surface area contributed by atoms with Gasteiger partial charge >= 0.3 is 5.97 Å². The number of carboxylic acid groups (broad SMARTS) is 1. The second kappa shape index (κ2) is 13.5. The number of carbonyl (C=O) groups is 3. The molecule has 0 spiro atoms. The van der Waals surface area contributed by atoms with Crippen LogP contribution < -0.4 is 20.7 Å². The van der Waals surface area contributed by atoms with Gasteiger partial charge in [-0.2, -0.15) is 4.72 Å². The third-order valence-electron chi connectivity index (χ3n) is 4.81. The summed E-state index contributed by atoms with van der Waals surface area (Å²) < 4.78 is 25.7. The van der Waals surface area contributed by atoms with E-state index >= 15 is 0 Å². The van der Waals surface area contributed by atoms with Gasteiger partial charge in [-0.25, -0.2) is 8.42 Å². The monoisotopic (exact) mass is 434 g/mol. The van der Waals surface area contributed by atoms with Crippen molar-refractivity contribution in [2.24, 2.45) is 5.92 Å². The minimum Gasteiger partial charge on any atom is -0.480 e. The molecule has 0 aliphatic carbocycles. The molecule has 1 aliphatic rings. The van der Waals surface area contributed by atoms with Crippen molar-refractivity contribution < 1.29 is 27.9 Å². The van der Waals surface area contributed by atoms with Crippen LogP contribution in [0.25, 0.3) is 0 Å². The van der Waals surface area contributed by atoms with E-state index in [-0.39, 0.29) is 18.2 Å². The molecule has 10 nitrogen and oxygen atoms in total. The summed E-state index contributed by atoms with van der Waals surface area (Å²) in [6, 6.07) is -1.46. The molecule has 29 heavy (non-hydrogen) atoms. The van der Waals surface area contributed by atoms with E-state index in [2.05, 4.69) is 20.7 Å². The van der Waals surface area contributed by atoms with Gasteiger partial charge in [-0.15, -0.1) is 0 Å². The first kappa shape index (κ1) is 25.3. The maximum atomic E-state index is 11.8. The zero-order valence-electron chi connectivity index (χ0n) is 17.0. The molecule has 2 amide bonds. The van der Waals surface area contributed by atoms with E-state index in [9.17, 15) is 22.8 Å². The maximum absolute atomic E-state index is 11.8. The number of hydrogen-bond donors (Lipinski definition) is 5. The zero-order chi connectivity index (χ0) is 21.7. The van der Waals surface area contributed by atoms with Crippen molar-refractivity contribution >= 4 is 27.8 Å². The Balaban J connectivity index is 2.25. The van der Waals surface area contributed by atoms with Crippen molar-refractivity contribution in [1.29, 1.82) is 0 Å². The van der Waals surface area contributed by atoms with Crippen LogP contribution in [0.4, 0.5) is 0 Å². The van der Waals surface area contributed by atoms with Crippen LogP contribution in [-0.4, -0.2) is 69.3 Å². The third-order valence-corrected chi connectivity index (χ3v) is 6.28. The average Bonchev–Trinajstić information content (AvgIpc) is 2.68. The summed E-state index contributed by atoms with van der Waals surface area (Å²) in [6.45, 7) is 3.19. The molecular weight excluding hydrogens is 400 g/mol. The lowest BCUT2D eigenvalue weighted by Crippen LogP contribution is -2.50. The predicted octanol–water partition coefficient (Wildman–Crippen LogP) is -0.439. The van der Waals surface area contributed by atoms with Crippen LogP contribution >= 0.6 is 0 Å². The van der Waals surface area contributed by atoms with Crippen LogP contribution in [0.1, 0.15) is 51.9 Å². The fraction of sp³-hybridized carbons (Fsp3) is 0.833. The van der Waals surface area contributed by atoms with Gasteiger partial charge in [0.15, 0.2) is 0 Å². The number of unbranched alkanes of at least 4 members (excludes halogenated alkanes) is 1. The Morgan fingerprint density at radius 3 is 2.41 bits per heavy atom. The Kier molecular flexibility index (Phi) is 11.8. The van der Waals surface area contributed by atoms with E-state index in [1.807, 2.05) is 6.92 Å². The molecule has 1 rings (SSSR count). The highest BCUT2D eigenvalue weighted by Gasteiger charge is 2.24. The lowest BCUT2D eigenvalue weighted by atomic mass is 9.92. The first-order valence-electron chi connectivity index (χ1n) is 10.2. The Morgan fingerprint density at radius 1 is 1.10 bits per heavy atom. The van der Waals surface area contributed by atoms with Crippen LogP contribution in [0.2, 0.25) is 0 Å². The molecule has 0 radical (unpaired) electrons. The number of carbonyl (C=O) groups excluding carboxylic acids is 2. The molecule has 0 unspecified atom stereocenters. The van der Waals surface area contributed by atoms with Crippen molar-refractivity contribution in [2.75, 3.05) is 31.9 Å². The fourth-order valence-corrected chi connectivity index (χ4v) is 4.46. The van der Waals surface area contributed by atoms with Gasteiger partial charge < -0.3 is 21.1 Å². The van der Waals surface area contributed by atoms with Gasteiger partial charge in [0.1, 0.15) is 6.04 Å². The maximum Gasteiger partial charge on any atom is 0.323 e. The Morgan fingerprint density at radius 2 is 1.79 bits per heavy atom. The highest BCUT2D eigenvalue weighted by Crippen LogP contribution is 2.18. The van der Waals surface area contributed by atoms with E-state index in [4.69, 9.17) is 5.11 Å². The number of sulfonamides is 1. The smallest absolute Gasteiger partial charge is 0.323 e. The van der Waals surface area contributed by atoms with Gasteiger partial charge in [0.25, 0.3) is 0 Å². The van der Waals surface area contributed by atoms with E-state index < -0.39 is 34.5 Å². The molecule has 1 atom stereocenters. The quantitative estimate of drug-likeness (QED) is 0.248. The molecular formula is C18H34N4O6S. The minimum atomic E-state index is -3.74. The van der Waals surface area contributed by atoms with Gasteiger partial charge in [-0.1, -0.05) is 13.3 Å². The molecule has 5 N–H and O–H groups in total. The summed E-state index contributed by atoms with van der Waals surface area (Å²) in [5.41, 5.74) is 0. The van der Waals surface area contributed by atoms with Crippen molar-refractivity contribution in [3.05, 3.63) is 0 Å². The van der Waals surface area contributed by atoms with Crippen LogP contribution in [0.5, 0.6) is 0 Å². The predicted molar refractivity (Wildman–Crippen MR) is 109 cm³/mol. The first-order valence-corrected chi connectivity index (χ1v) is 11.9. The summed E-state index contributed by atoms with van der Waals surface area (Å²) in [4.78, 5) is 34.9. The Bertz CT molecular complexity index is 634. The number of piperidine rings is 1. The number of nitrogens with one attached hydrogen (secondary N) is 4. The summed E-state index contributed by atoms with van der Waals surface area (Å²) in [5.74, 6) is -1.72. The molecule has 1 heterocycles. The summed E-state index contributed by atoms with van der Waals surface area (Å²) >= 11 is 0. The summed E-state index contributed by atoms with van der Waals surface area (Å²) in [6.07, 6.45) is 5.41. The minimum absolute atomic E-state index is 0.172. The molecule has 0 saturated carbocycles. The van der Waals surface area contributed by atoms with Gasteiger partial charge in [0, 0.05) is 13.0 Å². The second-order valence-corrected chi connectivity index (χ2v) is 9.22. The molecule has 168 valence electrons. The van der Waals surface area contributed by atoms with Gasteiger partial charge in [-0.3, -0.25) is 14.4 Å². The first-order chi connectivity index (χ1) is 13.7. The lowest BCUT2D eigenvalue weighted by Gasteiger charge is -2.22. The van der Waals surface area contributed by atoms with Crippen LogP contribution in [0.3, 0.4) is 0 Å². The number of aliphatic carboxylic acids is 1. The summed E-state index contributed by atoms with van der Waals surface area (Å²) in [5, 5.41) is 17.3. The molecule has 1 saturated heterocycles. The second-order valence-electron chi connectivity index (χ2n) is 7.35. The molecule has 0 aromatic heterocycles. The number of rotatable bonds is 14. The highest BCUT2D eigenvalue weighted by atomic mass is 32.2. The van der Waals surface area contributed by atoms with E-state index in [0.29, 0.717) is 25.2 Å². The van der Waals surface area contributed by atoms with Crippen molar-refractivity contribution in [3.63, 3.8) is 0 Å². The largest absolute Gasteiger partial charge is 0.480 e. The molecule has 1 fully saturated rings. The number of amides is 2. The zero-order valence-corrected chi connectivity index (χ0v) is 17.9. The van der Waals surface area contributed by atoms with E-state index in [1.54, 1.807) is 0 Å². The van der Waals surface area contributed by atoms with Crippen molar-refractivity contribution in [1.82, 2.24) is 20.7 Å². The Labute approximate surface area is 172 Å². The SMILES string of the molecule is CCCCS(=O)(=O)N[C@@H](CNC(=O)CNC(=O)CCCC1CCNCC1)C(=O)O. The molecule has 0 aromatic rings. The standard InChI is InChI=1S/C18H34N4O6S/c1-2-3-11-29(27,28)22-15(18(25)26)12-20-17(24)13-21-16(23)6-4-5-14-7-9-19-10-8-14/h14-15,19,22H,2-13H2,1H3,(H,20,24)(H,21,23)(H,25,26)/t15-/m0/s1. The van der Waals surface area contributed by atoms with Crippen molar-refractivity contribution in [2.45, 2.75) is 57.9 Å². The average molecular weight is 435 g/mol. The molecule has 0 aromatic carbocycles. The third kappa shape index (κ3) is 11.8. The highest BCUT2D eigenvalue weighted by molar-refractivity contribution is 7.89. The molecule has 0 bridgehead atoms. The topological polar surface area (TPSA) is 154 Å². The fourth-order valence-electron chi connectivity index (χ4n) is 3.06. The lowest BCUT2D eigenvalue weighted by molar-refractivity contribution is -0.139.